The van der Waals surface area contributed by atoms with Gasteiger partial charge in [-0.05, 0) is 72.1 Å². The van der Waals surface area contributed by atoms with Crippen LogP contribution in [-0.4, -0.2) is 120 Å². The van der Waals surface area contributed by atoms with Gasteiger partial charge >= 0.3 is 24.1 Å². The molecule has 2 bridgehead atoms. The number of hydrogen-bond donors (Lipinski definition) is 0. The highest BCUT2D eigenvalue weighted by molar-refractivity contribution is 5.87. The molecule has 3 amide bonds. The van der Waals surface area contributed by atoms with E-state index in [0.29, 0.717) is 25.7 Å². The molecule has 0 N–H and O–H groups in total. The lowest BCUT2D eigenvalue weighted by Crippen LogP contribution is -2.65. The van der Waals surface area contributed by atoms with Crippen LogP contribution in [0.3, 0.4) is 0 Å². The van der Waals surface area contributed by atoms with Gasteiger partial charge in [0.05, 0.1) is 30.1 Å². The number of amides is 3. The lowest BCUT2D eigenvalue weighted by atomic mass is 9.59. The largest absolute Gasteiger partial charge is 0.471 e. The fourth-order valence-corrected chi connectivity index (χ4v) is 8.22. The van der Waals surface area contributed by atoms with E-state index in [0.717, 1.165) is 4.90 Å². The molecule has 3 saturated heterocycles. The van der Waals surface area contributed by atoms with Crippen molar-refractivity contribution >= 4 is 23.9 Å². The van der Waals surface area contributed by atoms with E-state index >= 15 is 0 Å². The fraction of sp³-hybridized carbons (Fsp3) is 0.867. The molecule has 2 aliphatic carbocycles. The second-order valence-electron chi connectivity index (χ2n) is 14.0. The minimum Gasteiger partial charge on any atom is -0.458 e. The molecule has 5 aliphatic rings. The maximum absolute atomic E-state index is 14.7. The molecule has 0 aromatic rings. The summed E-state index contributed by atoms with van der Waals surface area (Å²) in [5.74, 6) is -2.82. The summed E-state index contributed by atoms with van der Waals surface area (Å²) in [5, 5.41) is 0. The van der Waals surface area contributed by atoms with Crippen molar-refractivity contribution in [2.24, 2.45) is 5.41 Å². The Bertz CT molecular complexity index is 1160. The summed E-state index contributed by atoms with van der Waals surface area (Å²) in [6, 6.07) is -2.38. The van der Waals surface area contributed by atoms with E-state index < -0.39 is 59.0 Å². The first-order valence-electron chi connectivity index (χ1n) is 15.5. The highest BCUT2D eigenvalue weighted by atomic mass is 19.4. The molecule has 6 atom stereocenters. The summed E-state index contributed by atoms with van der Waals surface area (Å²) in [6.07, 6.45) is -3.90. The zero-order chi connectivity index (χ0) is 32.2. The van der Waals surface area contributed by atoms with E-state index in [2.05, 4.69) is 0 Å². The standard InChI is InChI=1S/C30H44F3N3O8/c1-18(37)43-29(9-6-10-29)28(24(38)34-15-21-13-20(34)16-35(21)26(40)44-27(2,3)4)11-7-19(14-28)36(25(39)30(31,32)33)22-8-12-42-17-23(22)41-5/h19-23H,6-17H2,1-5H3/t19-,20+,21+,22+,23-,28-/m1/s1. The number of esters is 1. The van der Waals surface area contributed by atoms with Crippen LogP contribution < -0.4 is 0 Å². The number of piperazine rings is 1. The van der Waals surface area contributed by atoms with Gasteiger partial charge < -0.3 is 33.6 Å². The Morgan fingerprint density at radius 1 is 0.977 bits per heavy atom. The van der Waals surface area contributed by atoms with E-state index in [1.54, 1.807) is 30.6 Å². The Hall–Kier alpha value is -2.61. The molecule has 3 aliphatic heterocycles. The molecule has 44 heavy (non-hydrogen) atoms. The van der Waals surface area contributed by atoms with Gasteiger partial charge in [-0.3, -0.25) is 14.4 Å². The molecule has 3 heterocycles. The lowest BCUT2D eigenvalue weighted by molar-refractivity contribution is -0.206. The quantitative estimate of drug-likeness (QED) is 0.410. The first-order valence-corrected chi connectivity index (χ1v) is 15.5. The van der Waals surface area contributed by atoms with Crippen LogP contribution in [-0.2, 0) is 33.3 Å². The first kappa shape index (κ1) is 32.8. The lowest BCUT2D eigenvalue weighted by Gasteiger charge is -2.54. The average Bonchev–Trinajstić information content (AvgIpc) is 3.65. The van der Waals surface area contributed by atoms with Gasteiger partial charge in [-0.25, -0.2) is 4.79 Å². The molecule has 2 saturated carbocycles. The average molecular weight is 632 g/mol. The summed E-state index contributed by atoms with van der Waals surface area (Å²) in [6.45, 7) is 7.36. The number of nitrogens with zero attached hydrogens (tertiary/aromatic N) is 3. The van der Waals surface area contributed by atoms with Crippen molar-refractivity contribution < 1.29 is 51.3 Å². The zero-order valence-corrected chi connectivity index (χ0v) is 26.1. The van der Waals surface area contributed by atoms with Crippen LogP contribution in [0.2, 0.25) is 0 Å². The third kappa shape index (κ3) is 5.76. The number of halogens is 3. The van der Waals surface area contributed by atoms with Gasteiger partial charge in [0.2, 0.25) is 5.91 Å². The molecule has 0 spiro atoms. The number of carbonyl (C=O) groups excluding carboxylic acids is 4. The van der Waals surface area contributed by atoms with E-state index in [4.69, 9.17) is 18.9 Å². The number of methoxy groups -OCH3 is 1. The minimum absolute atomic E-state index is 0.0436. The molecule has 0 unspecified atom stereocenters. The molecule has 0 radical (unpaired) electrons. The monoisotopic (exact) mass is 631 g/mol. The molecule has 11 nitrogen and oxygen atoms in total. The van der Waals surface area contributed by atoms with Crippen molar-refractivity contribution in [1.82, 2.24) is 14.7 Å². The molecule has 0 aromatic carbocycles. The van der Waals surface area contributed by atoms with Gasteiger partial charge in [0.25, 0.3) is 0 Å². The number of hydrogen-bond acceptors (Lipinski definition) is 8. The van der Waals surface area contributed by atoms with E-state index in [-0.39, 0.29) is 70.0 Å². The number of alkyl halides is 3. The molecule has 14 heteroatoms. The van der Waals surface area contributed by atoms with Gasteiger partial charge in [0.15, 0.2) is 0 Å². The summed E-state index contributed by atoms with van der Waals surface area (Å²) < 4.78 is 64.6. The van der Waals surface area contributed by atoms with Crippen molar-refractivity contribution in [3.05, 3.63) is 0 Å². The highest BCUT2D eigenvalue weighted by Gasteiger charge is 2.68. The Morgan fingerprint density at radius 3 is 2.16 bits per heavy atom. The first-order chi connectivity index (χ1) is 20.5. The predicted octanol–water partition coefficient (Wildman–Crippen LogP) is 3.43. The van der Waals surface area contributed by atoms with E-state index in [1.807, 2.05) is 0 Å². The molecule has 5 rings (SSSR count). The topological polar surface area (TPSA) is 115 Å². The Balaban J connectivity index is 1.46. The molecule has 248 valence electrons. The smallest absolute Gasteiger partial charge is 0.458 e. The van der Waals surface area contributed by atoms with Crippen LogP contribution in [0.25, 0.3) is 0 Å². The molecule has 0 aromatic heterocycles. The normalized spacial score (nSPS) is 33.1. The second kappa shape index (κ2) is 11.6. The van der Waals surface area contributed by atoms with Gasteiger partial charge in [-0.15, -0.1) is 0 Å². The van der Waals surface area contributed by atoms with E-state index in [9.17, 15) is 32.3 Å². The van der Waals surface area contributed by atoms with Crippen LogP contribution in [0.4, 0.5) is 18.0 Å². The van der Waals surface area contributed by atoms with Crippen LogP contribution in [0.1, 0.15) is 79.1 Å². The molecule has 5 fully saturated rings. The Labute approximate surface area is 255 Å². The Morgan fingerprint density at radius 2 is 1.64 bits per heavy atom. The van der Waals surface area contributed by atoms with Gasteiger partial charge in [0, 0.05) is 39.8 Å². The number of rotatable bonds is 6. The highest BCUT2D eigenvalue weighted by Crippen LogP contribution is 2.60. The number of carbonyl (C=O) groups is 4. The van der Waals surface area contributed by atoms with Crippen LogP contribution in [0, 0.1) is 5.41 Å². The molecular formula is C30H44F3N3O8. The van der Waals surface area contributed by atoms with Crippen molar-refractivity contribution in [3.63, 3.8) is 0 Å². The zero-order valence-electron chi connectivity index (χ0n) is 26.1. The second-order valence-corrected chi connectivity index (χ2v) is 14.0. The Kier molecular flexibility index (Phi) is 8.67. The number of likely N-dealkylation sites (tertiary alicyclic amines) is 2. The molecular weight excluding hydrogens is 587 g/mol. The van der Waals surface area contributed by atoms with Gasteiger partial charge in [0.1, 0.15) is 17.3 Å². The summed E-state index contributed by atoms with van der Waals surface area (Å²) in [7, 11) is 1.37. The van der Waals surface area contributed by atoms with Crippen LogP contribution >= 0.6 is 0 Å². The third-order valence-electron chi connectivity index (χ3n) is 10.2. The fourth-order valence-electron chi connectivity index (χ4n) is 8.22. The SMILES string of the molecule is CO[C@@H]1COCC[C@@H]1N(C(=O)C(F)(F)F)[C@@H]1CC[C@@](C(=O)N2C[C@@H]3C[C@H]2CN3C(=O)OC(C)(C)C)(C2(OC(C)=O)CCC2)C1. The maximum atomic E-state index is 14.7. The summed E-state index contributed by atoms with van der Waals surface area (Å²) in [5.41, 5.74) is -3.18. The van der Waals surface area contributed by atoms with Crippen LogP contribution in [0.15, 0.2) is 0 Å². The predicted molar refractivity (Wildman–Crippen MR) is 148 cm³/mol. The van der Waals surface area contributed by atoms with Gasteiger partial charge in [-0.1, -0.05) is 0 Å². The summed E-state index contributed by atoms with van der Waals surface area (Å²) >= 11 is 0. The van der Waals surface area contributed by atoms with Crippen molar-refractivity contribution in [2.75, 3.05) is 33.4 Å². The number of ether oxygens (including phenoxy) is 4. The minimum atomic E-state index is -5.13. The van der Waals surface area contributed by atoms with Gasteiger partial charge in [-0.2, -0.15) is 13.2 Å². The van der Waals surface area contributed by atoms with Crippen molar-refractivity contribution in [3.8, 4) is 0 Å². The van der Waals surface area contributed by atoms with Crippen LogP contribution in [0.5, 0.6) is 0 Å². The van der Waals surface area contributed by atoms with Crippen molar-refractivity contribution in [2.45, 2.75) is 127 Å². The summed E-state index contributed by atoms with van der Waals surface area (Å²) in [4.78, 5) is 57.3. The third-order valence-corrected chi connectivity index (χ3v) is 10.2. The number of fused-ring (bicyclic) bond motifs is 2. The maximum Gasteiger partial charge on any atom is 0.471 e. The van der Waals surface area contributed by atoms with E-state index in [1.165, 1.54) is 14.0 Å². The van der Waals surface area contributed by atoms with Crippen molar-refractivity contribution in [1.29, 1.82) is 0 Å².